The average Bonchev–Trinajstić information content (AvgIpc) is 2.97. The Labute approximate surface area is 152 Å². The van der Waals surface area contributed by atoms with E-state index < -0.39 is 41.1 Å². The lowest BCUT2D eigenvalue weighted by molar-refractivity contribution is -0.358. The van der Waals surface area contributed by atoms with Crippen molar-refractivity contribution in [2.45, 2.75) is 82.5 Å². The van der Waals surface area contributed by atoms with Crippen LogP contribution in [0.1, 0.15) is 53.4 Å². The van der Waals surface area contributed by atoms with Crippen LogP contribution in [0.4, 0.5) is 26.3 Å². The van der Waals surface area contributed by atoms with Gasteiger partial charge in [-0.1, -0.05) is 12.8 Å². The molecule has 1 aliphatic rings. The number of ether oxygens (including phenoxy) is 2. The van der Waals surface area contributed by atoms with Crippen LogP contribution in [0.2, 0.25) is 0 Å². The number of alkyl halides is 6. The summed E-state index contributed by atoms with van der Waals surface area (Å²) in [5.74, 6) is -4.42. The van der Waals surface area contributed by atoms with Gasteiger partial charge in [0, 0.05) is 0 Å². The van der Waals surface area contributed by atoms with Gasteiger partial charge in [-0.05, 0) is 46.5 Å². The Kier molecular flexibility index (Phi) is 6.22. The minimum atomic E-state index is -6.40. The number of aliphatic hydroxyl groups is 1. The van der Waals surface area contributed by atoms with Gasteiger partial charge in [-0.3, -0.25) is 0 Å². The van der Waals surface area contributed by atoms with Gasteiger partial charge < -0.3 is 14.6 Å². The van der Waals surface area contributed by atoms with Crippen molar-refractivity contribution in [2.75, 3.05) is 0 Å². The molecule has 1 saturated carbocycles. The molecule has 0 amide bonds. The monoisotopic (exact) mass is 408 g/mol. The quantitative estimate of drug-likeness (QED) is 0.555. The molecule has 0 saturated heterocycles. The van der Waals surface area contributed by atoms with Crippen molar-refractivity contribution in [2.24, 2.45) is 5.92 Å². The molecular formula is C16H22F6O5. The molecular weight excluding hydrogens is 386 g/mol. The van der Waals surface area contributed by atoms with Gasteiger partial charge in [0.1, 0.15) is 5.60 Å². The molecule has 0 aromatic heterocycles. The molecule has 27 heavy (non-hydrogen) atoms. The van der Waals surface area contributed by atoms with E-state index in [4.69, 9.17) is 9.84 Å². The van der Waals surface area contributed by atoms with Crippen molar-refractivity contribution in [3.05, 3.63) is 0 Å². The number of hydrogen-bond acceptors (Lipinski definition) is 5. The van der Waals surface area contributed by atoms with Crippen molar-refractivity contribution in [3.8, 4) is 0 Å². The molecule has 0 aromatic rings. The average molecular weight is 408 g/mol. The second-order valence-corrected chi connectivity index (χ2v) is 7.58. The number of halogens is 6. The molecule has 0 bridgehead atoms. The Morgan fingerprint density at radius 1 is 0.815 bits per heavy atom. The van der Waals surface area contributed by atoms with E-state index in [0.717, 1.165) is 39.5 Å². The summed E-state index contributed by atoms with van der Waals surface area (Å²) in [6.45, 7) is 4.68. The largest absolute Gasteiger partial charge is 0.456 e. The Morgan fingerprint density at radius 2 is 1.22 bits per heavy atom. The summed E-state index contributed by atoms with van der Waals surface area (Å²) in [6, 6.07) is 0. The molecule has 0 atom stereocenters. The van der Waals surface area contributed by atoms with E-state index in [1.807, 2.05) is 0 Å². The summed E-state index contributed by atoms with van der Waals surface area (Å²) < 4.78 is 85.6. The minimum Gasteiger partial charge on any atom is -0.456 e. The van der Waals surface area contributed by atoms with E-state index in [9.17, 15) is 35.9 Å². The van der Waals surface area contributed by atoms with Crippen LogP contribution in [0.5, 0.6) is 0 Å². The first-order valence-electron chi connectivity index (χ1n) is 8.19. The van der Waals surface area contributed by atoms with Crippen LogP contribution in [-0.2, 0) is 19.1 Å². The third-order valence-corrected chi connectivity index (χ3v) is 4.65. The van der Waals surface area contributed by atoms with E-state index in [1.54, 1.807) is 13.8 Å². The predicted octanol–water partition coefficient (Wildman–Crippen LogP) is 3.68. The van der Waals surface area contributed by atoms with Crippen LogP contribution in [0.15, 0.2) is 0 Å². The van der Waals surface area contributed by atoms with Gasteiger partial charge in [-0.2, -0.15) is 26.3 Å². The molecule has 1 aliphatic carbocycles. The fourth-order valence-electron chi connectivity index (χ4n) is 2.81. The molecule has 158 valence electrons. The minimum absolute atomic E-state index is 0.0461. The van der Waals surface area contributed by atoms with Crippen molar-refractivity contribution < 1.29 is 50.5 Å². The predicted molar refractivity (Wildman–Crippen MR) is 79.4 cm³/mol. The molecule has 0 aliphatic heterocycles. The number of esters is 2. The summed E-state index contributed by atoms with van der Waals surface area (Å²) in [4.78, 5) is 23.8. The van der Waals surface area contributed by atoms with Gasteiger partial charge in [-0.15, -0.1) is 0 Å². The first-order valence-corrected chi connectivity index (χ1v) is 8.19. The van der Waals surface area contributed by atoms with Crippen molar-refractivity contribution in [1.82, 2.24) is 0 Å². The second-order valence-electron chi connectivity index (χ2n) is 7.58. The molecule has 11 heteroatoms. The first kappa shape index (κ1) is 23.5. The maximum absolute atomic E-state index is 12.7. The lowest BCUT2D eigenvalue weighted by Crippen LogP contribution is -2.64. The Morgan fingerprint density at radius 3 is 1.59 bits per heavy atom. The fraction of sp³-hybridized carbons (Fsp3) is 0.875. The van der Waals surface area contributed by atoms with Gasteiger partial charge >= 0.3 is 29.9 Å². The van der Waals surface area contributed by atoms with Gasteiger partial charge in [0.15, 0.2) is 0 Å². The highest BCUT2D eigenvalue weighted by atomic mass is 19.4. The normalized spacial score (nSPS) is 17.7. The molecule has 0 radical (unpaired) electrons. The fourth-order valence-corrected chi connectivity index (χ4v) is 2.81. The van der Waals surface area contributed by atoms with E-state index in [-0.39, 0.29) is 5.92 Å². The van der Waals surface area contributed by atoms with Crippen LogP contribution >= 0.6 is 0 Å². The molecule has 0 unspecified atom stereocenters. The van der Waals surface area contributed by atoms with Gasteiger partial charge in [0.05, 0.1) is 0 Å². The molecule has 0 heterocycles. The molecule has 1 fully saturated rings. The van der Waals surface area contributed by atoms with E-state index in [2.05, 4.69) is 4.74 Å². The number of carbonyl (C=O) groups excluding carboxylic acids is 2. The molecule has 0 aromatic carbocycles. The molecule has 1 N–H and O–H groups in total. The Balaban J connectivity index is 3.00. The Hall–Kier alpha value is -1.52. The lowest BCUT2D eigenvalue weighted by atomic mass is 9.89. The standard InChI is InChI=1S/C16H22F6O5/c1-12(2,9-7-5-6-8-9)26-10(23)13(3,4)27-11(24)14(25,15(17,18)19)16(20,21)22/h9,25H,5-8H2,1-4H3. The summed E-state index contributed by atoms with van der Waals surface area (Å²) in [7, 11) is 0. The zero-order valence-corrected chi connectivity index (χ0v) is 15.3. The zero-order valence-electron chi connectivity index (χ0n) is 15.3. The van der Waals surface area contributed by atoms with E-state index in [0.29, 0.717) is 0 Å². The zero-order chi connectivity index (χ0) is 21.5. The number of carbonyl (C=O) groups is 2. The molecule has 5 nitrogen and oxygen atoms in total. The van der Waals surface area contributed by atoms with Gasteiger partial charge in [-0.25, -0.2) is 9.59 Å². The van der Waals surface area contributed by atoms with Crippen molar-refractivity contribution in [3.63, 3.8) is 0 Å². The van der Waals surface area contributed by atoms with E-state index >= 15 is 0 Å². The SMILES string of the molecule is CC(C)(OC(=O)C(O)(C(F)(F)F)C(F)(F)F)C(=O)OC(C)(C)C1CCCC1. The van der Waals surface area contributed by atoms with Crippen LogP contribution in [0.25, 0.3) is 0 Å². The van der Waals surface area contributed by atoms with Gasteiger partial charge in [0.2, 0.25) is 5.60 Å². The highest BCUT2D eigenvalue weighted by Crippen LogP contribution is 2.44. The maximum atomic E-state index is 12.7. The summed E-state index contributed by atoms with van der Waals surface area (Å²) >= 11 is 0. The highest BCUT2D eigenvalue weighted by molar-refractivity contribution is 5.87. The van der Waals surface area contributed by atoms with Crippen LogP contribution in [0, 0.1) is 5.92 Å². The molecule has 1 rings (SSSR count). The molecule has 0 spiro atoms. The third-order valence-electron chi connectivity index (χ3n) is 4.65. The Bertz CT molecular complexity index is 559. The van der Waals surface area contributed by atoms with Crippen LogP contribution in [0.3, 0.4) is 0 Å². The number of hydrogen-bond donors (Lipinski definition) is 1. The smallest absolute Gasteiger partial charge is 0.437 e. The van der Waals surface area contributed by atoms with Crippen molar-refractivity contribution in [1.29, 1.82) is 0 Å². The second kappa shape index (κ2) is 7.14. The lowest BCUT2D eigenvalue weighted by Gasteiger charge is -2.36. The summed E-state index contributed by atoms with van der Waals surface area (Å²) in [5, 5.41) is 9.03. The topological polar surface area (TPSA) is 72.8 Å². The highest BCUT2D eigenvalue weighted by Gasteiger charge is 2.77. The van der Waals surface area contributed by atoms with E-state index in [1.165, 1.54) is 0 Å². The maximum Gasteiger partial charge on any atom is 0.437 e. The third kappa shape index (κ3) is 4.67. The summed E-state index contributed by atoms with van der Waals surface area (Å²) in [6.07, 6.45) is -9.52. The van der Waals surface area contributed by atoms with Crippen molar-refractivity contribution >= 4 is 11.9 Å². The van der Waals surface area contributed by atoms with Crippen LogP contribution in [-0.4, -0.2) is 46.2 Å². The number of rotatable bonds is 5. The van der Waals surface area contributed by atoms with Gasteiger partial charge in [0.25, 0.3) is 0 Å². The summed E-state index contributed by atoms with van der Waals surface area (Å²) in [5.41, 5.74) is -9.31. The first-order chi connectivity index (χ1) is 11.9. The van der Waals surface area contributed by atoms with Crippen LogP contribution < -0.4 is 0 Å².